The van der Waals surface area contributed by atoms with Crippen LogP contribution in [-0.4, -0.2) is 23.8 Å². The van der Waals surface area contributed by atoms with Gasteiger partial charge >= 0.3 is 0 Å². The molecule has 2 heterocycles. The second-order valence-electron chi connectivity index (χ2n) is 6.01. The number of amides is 2. The average Bonchev–Trinajstić information content (AvgIpc) is 3.28. The van der Waals surface area contributed by atoms with Crippen molar-refractivity contribution in [2.24, 2.45) is 0 Å². The monoisotopic (exact) mass is 369 g/mol. The molecule has 3 rings (SSSR count). The predicted octanol–water partition coefficient (Wildman–Crippen LogP) is 3.81. The summed E-state index contributed by atoms with van der Waals surface area (Å²) in [6, 6.07) is 9.13. The molecule has 0 spiro atoms. The zero-order valence-electron chi connectivity index (χ0n) is 14.8. The fourth-order valence-electron chi connectivity index (χ4n) is 2.50. The van der Waals surface area contributed by atoms with E-state index in [1.807, 2.05) is 32.0 Å². The highest BCUT2D eigenvalue weighted by Crippen LogP contribution is 2.22. The molecular weight excluding hydrogens is 350 g/mol. The van der Waals surface area contributed by atoms with Gasteiger partial charge in [-0.1, -0.05) is 17.7 Å². The number of aromatic nitrogens is 1. The SMILES string of the molecule is Cc1ccc(NC(=O)Cc2csc(N(C)C(=O)c3ccco3)n2)c(C)c1. The highest BCUT2D eigenvalue weighted by molar-refractivity contribution is 7.14. The van der Waals surface area contributed by atoms with Gasteiger partial charge in [-0.25, -0.2) is 4.98 Å². The molecule has 0 bridgehead atoms. The summed E-state index contributed by atoms with van der Waals surface area (Å²) in [5, 5.41) is 5.19. The lowest BCUT2D eigenvalue weighted by atomic mass is 10.1. The standard InChI is InChI=1S/C19H19N3O3S/c1-12-6-7-15(13(2)9-12)21-17(23)10-14-11-26-19(20-14)22(3)18(24)16-5-4-8-25-16/h4-9,11H,10H2,1-3H3,(H,21,23). The van der Waals surface area contributed by atoms with Gasteiger partial charge in [-0.15, -0.1) is 11.3 Å². The maximum atomic E-state index is 12.3. The second-order valence-corrected chi connectivity index (χ2v) is 6.84. The Labute approximate surface area is 155 Å². The Morgan fingerprint density at radius 2 is 2.08 bits per heavy atom. The van der Waals surface area contributed by atoms with Crippen LogP contribution in [0.2, 0.25) is 0 Å². The van der Waals surface area contributed by atoms with E-state index < -0.39 is 0 Å². The molecule has 6 nitrogen and oxygen atoms in total. The van der Waals surface area contributed by atoms with Crippen molar-refractivity contribution in [2.75, 3.05) is 17.3 Å². The summed E-state index contributed by atoms with van der Waals surface area (Å²) in [5.74, 6) is -0.179. The smallest absolute Gasteiger partial charge is 0.295 e. The van der Waals surface area contributed by atoms with Crippen LogP contribution in [0.5, 0.6) is 0 Å². The van der Waals surface area contributed by atoms with Crippen molar-refractivity contribution in [1.29, 1.82) is 0 Å². The Morgan fingerprint density at radius 3 is 2.77 bits per heavy atom. The van der Waals surface area contributed by atoms with Crippen LogP contribution in [0.25, 0.3) is 0 Å². The number of hydrogen-bond donors (Lipinski definition) is 1. The maximum Gasteiger partial charge on any atom is 0.295 e. The molecule has 0 aliphatic heterocycles. The van der Waals surface area contributed by atoms with Crippen molar-refractivity contribution in [3.05, 3.63) is 64.6 Å². The van der Waals surface area contributed by atoms with E-state index in [4.69, 9.17) is 4.42 Å². The molecule has 3 aromatic rings. The molecule has 0 aliphatic carbocycles. The van der Waals surface area contributed by atoms with E-state index in [9.17, 15) is 9.59 Å². The van der Waals surface area contributed by atoms with E-state index in [1.165, 1.54) is 22.5 Å². The Balaban J connectivity index is 1.64. The van der Waals surface area contributed by atoms with Gasteiger partial charge in [0.2, 0.25) is 5.91 Å². The van der Waals surface area contributed by atoms with Gasteiger partial charge in [-0.3, -0.25) is 14.5 Å². The van der Waals surface area contributed by atoms with Crippen LogP contribution in [0, 0.1) is 13.8 Å². The number of thiazole rings is 1. The Hall–Kier alpha value is -2.93. The largest absolute Gasteiger partial charge is 0.459 e. The minimum Gasteiger partial charge on any atom is -0.459 e. The molecule has 2 amide bonds. The van der Waals surface area contributed by atoms with Crippen LogP contribution in [0.1, 0.15) is 27.4 Å². The second kappa shape index (κ2) is 7.53. The van der Waals surface area contributed by atoms with E-state index in [0.29, 0.717) is 10.8 Å². The maximum absolute atomic E-state index is 12.3. The third-order valence-corrected chi connectivity index (χ3v) is 4.83. The van der Waals surface area contributed by atoms with Gasteiger partial charge in [-0.05, 0) is 37.6 Å². The van der Waals surface area contributed by atoms with Crippen LogP contribution in [-0.2, 0) is 11.2 Å². The summed E-state index contributed by atoms with van der Waals surface area (Å²) >= 11 is 1.31. The Bertz CT molecular complexity index is 931. The van der Waals surface area contributed by atoms with Crippen LogP contribution in [0.3, 0.4) is 0 Å². The molecule has 7 heteroatoms. The summed E-state index contributed by atoms with van der Waals surface area (Å²) in [6.45, 7) is 3.97. The van der Waals surface area contributed by atoms with Gasteiger partial charge in [0.1, 0.15) is 0 Å². The minimum absolute atomic E-state index is 0.145. The lowest BCUT2D eigenvalue weighted by Crippen LogP contribution is -2.25. The molecule has 1 aromatic carbocycles. The molecule has 1 N–H and O–H groups in total. The van der Waals surface area contributed by atoms with Gasteiger partial charge in [0.25, 0.3) is 5.91 Å². The molecule has 0 fully saturated rings. The van der Waals surface area contributed by atoms with Crippen molar-refractivity contribution in [3.8, 4) is 0 Å². The van der Waals surface area contributed by atoms with Gasteiger partial charge in [-0.2, -0.15) is 0 Å². The van der Waals surface area contributed by atoms with E-state index >= 15 is 0 Å². The molecule has 0 saturated carbocycles. The highest BCUT2D eigenvalue weighted by atomic mass is 32.1. The number of nitrogens with one attached hydrogen (secondary N) is 1. The van der Waals surface area contributed by atoms with Crippen LogP contribution in [0.15, 0.2) is 46.4 Å². The summed E-state index contributed by atoms with van der Waals surface area (Å²) in [7, 11) is 1.63. The summed E-state index contributed by atoms with van der Waals surface area (Å²) in [4.78, 5) is 30.3. The fraction of sp³-hybridized carbons (Fsp3) is 0.211. The van der Waals surface area contributed by atoms with Crippen molar-refractivity contribution >= 4 is 34.0 Å². The third kappa shape index (κ3) is 4.00. The molecule has 0 radical (unpaired) electrons. The number of rotatable bonds is 5. The lowest BCUT2D eigenvalue weighted by molar-refractivity contribution is -0.115. The van der Waals surface area contributed by atoms with Crippen molar-refractivity contribution in [1.82, 2.24) is 4.98 Å². The van der Waals surface area contributed by atoms with E-state index in [-0.39, 0.29) is 24.0 Å². The number of carbonyl (C=O) groups excluding carboxylic acids is 2. The molecule has 2 aromatic heterocycles. The molecule has 0 aliphatic rings. The predicted molar refractivity (Wildman–Crippen MR) is 102 cm³/mol. The normalized spacial score (nSPS) is 10.6. The Kier molecular flexibility index (Phi) is 5.18. The minimum atomic E-state index is -0.282. The fourth-order valence-corrected chi connectivity index (χ4v) is 3.29. The zero-order valence-corrected chi connectivity index (χ0v) is 15.6. The summed E-state index contributed by atoms with van der Waals surface area (Å²) < 4.78 is 5.12. The summed E-state index contributed by atoms with van der Waals surface area (Å²) in [5.41, 5.74) is 3.57. The van der Waals surface area contributed by atoms with Crippen molar-refractivity contribution in [3.63, 3.8) is 0 Å². The van der Waals surface area contributed by atoms with E-state index in [1.54, 1.807) is 24.6 Å². The number of nitrogens with zero attached hydrogens (tertiary/aromatic N) is 2. The van der Waals surface area contributed by atoms with E-state index in [2.05, 4.69) is 10.3 Å². The van der Waals surface area contributed by atoms with Gasteiger partial charge in [0.15, 0.2) is 10.9 Å². The van der Waals surface area contributed by atoms with Crippen LogP contribution < -0.4 is 10.2 Å². The van der Waals surface area contributed by atoms with E-state index in [0.717, 1.165) is 16.8 Å². The number of hydrogen-bond acceptors (Lipinski definition) is 5. The molecule has 134 valence electrons. The number of carbonyl (C=O) groups is 2. The number of furan rings is 1. The molecule has 0 saturated heterocycles. The Morgan fingerprint density at radius 1 is 1.27 bits per heavy atom. The van der Waals surface area contributed by atoms with Gasteiger partial charge in [0, 0.05) is 18.1 Å². The first-order chi connectivity index (χ1) is 12.4. The van der Waals surface area contributed by atoms with Crippen LogP contribution in [0.4, 0.5) is 10.8 Å². The third-order valence-electron chi connectivity index (χ3n) is 3.86. The topological polar surface area (TPSA) is 75.4 Å². The summed E-state index contributed by atoms with van der Waals surface area (Å²) in [6.07, 6.45) is 1.60. The molecule has 0 unspecified atom stereocenters. The molecular formula is C19H19N3O3S. The first-order valence-electron chi connectivity index (χ1n) is 8.07. The van der Waals surface area contributed by atoms with Gasteiger partial charge < -0.3 is 9.73 Å². The average molecular weight is 369 g/mol. The first kappa shape index (κ1) is 17.9. The van der Waals surface area contributed by atoms with Crippen LogP contribution >= 0.6 is 11.3 Å². The highest BCUT2D eigenvalue weighted by Gasteiger charge is 2.19. The van der Waals surface area contributed by atoms with Gasteiger partial charge in [0.05, 0.1) is 18.4 Å². The van der Waals surface area contributed by atoms with Crippen molar-refractivity contribution in [2.45, 2.75) is 20.3 Å². The quantitative estimate of drug-likeness (QED) is 0.742. The zero-order chi connectivity index (χ0) is 18.7. The number of aryl methyl sites for hydroxylation is 2. The lowest BCUT2D eigenvalue weighted by Gasteiger charge is -2.11. The first-order valence-corrected chi connectivity index (χ1v) is 8.95. The van der Waals surface area contributed by atoms with Crippen molar-refractivity contribution < 1.29 is 14.0 Å². The molecule has 26 heavy (non-hydrogen) atoms. The molecule has 0 atom stereocenters. The number of anilines is 2. The number of benzene rings is 1.